The number of halogens is 3. The number of likely N-dealkylation sites (N-methyl/N-ethyl adjacent to an activating group) is 1. The average molecular weight is 198 g/mol. The van der Waals surface area contributed by atoms with Gasteiger partial charge in [-0.3, -0.25) is 0 Å². The molecule has 0 amide bonds. The molecule has 2 N–H and O–H groups in total. The first kappa shape index (κ1) is 12.7. The first-order valence-electron chi connectivity index (χ1n) is 4.23. The molecule has 0 heterocycles. The highest BCUT2D eigenvalue weighted by Gasteiger charge is 2.26. The van der Waals surface area contributed by atoms with Crippen LogP contribution < -0.4 is 10.6 Å². The smallest absolute Gasteiger partial charge is 0.315 e. The maximum atomic E-state index is 11.7. The van der Waals surface area contributed by atoms with Gasteiger partial charge in [-0.2, -0.15) is 13.2 Å². The molecule has 80 valence electrons. The second-order valence-electron chi connectivity index (χ2n) is 3.68. The molecule has 0 rings (SSSR count). The minimum Gasteiger partial charge on any atom is -0.315 e. The second kappa shape index (κ2) is 4.81. The summed E-state index contributed by atoms with van der Waals surface area (Å²) in [5.74, 6) is 0. The van der Waals surface area contributed by atoms with Gasteiger partial charge >= 0.3 is 6.18 Å². The molecule has 5 heteroatoms. The first-order chi connectivity index (χ1) is 5.77. The molecule has 0 aromatic carbocycles. The molecule has 0 aliphatic carbocycles. The van der Waals surface area contributed by atoms with E-state index >= 15 is 0 Å². The summed E-state index contributed by atoms with van der Waals surface area (Å²) < 4.78 is 35.1. The molecule has 0 bridgehead atoms. The van der Waals surface area contributed by atoms with Crippen LogP contribution in [0.25, 0.3) is 0 Å². The summed E-state index contributed by atoms with van der Waals surface area (Å²) in [5.41, 5.74) is -0.161. The molecule has 13 heavy (non-hydrogen) atoms. The third-order valence-corrected chi connectivity index (χ3v) is 1.83. The van der Waals surface area contributed by atoms with Crippen LogP contribution in [-0.2, 0) is 0 Å². The minimum absolute atomic E-state index is 0.0192. The highest BCUT2D eigenvalue weighted by atomic mass is 19.4. The molecular formula is C8H17F3N2. The van der Waals surface area contributed by atoms with Gasteiger partial charge in [-0.05, 0) is 20.9 Å². The topological polar surface area (TPSA) is 24.1 Å². The Kier molecular flexibility index (Phi) is 4.70. The molecule has 0 radical (unpaired) electrons. The molecule has 0 saturated carbocycles. The predicted molar refractivity (Wildman–Crippen MR) is 46.7 cm³/mol. The second-order valence-corrected chi connectivity index (χ2v) is 3.68. The SMILES string of the molecule is CNC(C)(C)CNCCC(F)(F)F. The van der Waals surface area contributed by atoms with Crippen molar-refractivity contribution in [2.24, 2.45) is 0 Å². The van der Waals surface area contributed by atoms with E-state index in [0.717, 1.165) is 0 Å². The summed E-state index contributed by atoms with van der Waals surface area (Å²) in [7, 11) is 1.78. The van der Waals surface area contributed by atoms with Crippen LogP contribution in [0.5, 0.6) is 0 Å². The third kappa shape index (κ3) is 8.05. The largest absolute Gasteiger partial charge is 0.390 e. The van der Waals surface area contributed by atoms with Crippen LogP contribution in [0.15, 0.2) is 0 Å². The van der Waals surface area contributed by atoms with Gasteiger partial charge in [0.25, 0.3) is 0 Å². The fourth-order valence-electron chi connectivity index (χ4n) is 0.719. The minimum atomic E-state index is -4.06. The van der Waals surface area contributed by atoms with Crippen molar-refractivity contribution >= 4 is 0 Å². The Balaban J connectivity index is 3.47. The van der Waals surface area contributed by atoms with E-state index < -0.39 is 12.6 Å². The summed E-state index contributed by atoms with van der Waals surface area (Å²) in [6.45, 7) is 4.36. The summed E-state index contributed by atoms with van der Waals surface area (Å²) in [5, 5.41) is 5.75. The van der Waals surface area contributed by atoms with Crippen molar-refractivity contribution in [1.29, 1.82) is 0 Å². The van der Waals surface area contributed by atoms with Gasteiger partial charge in [0.1, 0.15) is 0 Å². The van der Waals surface area contributed by atoms with Crippen molar-refractivity contribution in [3.63, 3.8) is 0 Å². The standard InChI is InChI=1S/C8H17F3N2/c1-7(2,12-3)6-13-5-4-8(9,10)11/h12-13H,4-6H2,1-3H3. The van der Waals surface area contributed by atoms with Crippen molar-refractivity contribution in [3.05, 3.63) is 0 Å². The summed E-state index contributed by atoms with van der Waals surface area (Å²) in [6.07, 6.45) is -4.83. The molecule has 0 aliphatic rings. The van der Waals surface area contributed by atoms with Gasteiger partial charge in [0.05, 0.1) is 6.42 Å². The molecule has 0 fully saturated rings. The van der Waals surface area contributed by atoms with E-state index in [1.807, 2.05) is 13.8 Å². The van der Waals surface area contributed by atoms with Gasteiger partial charge in [-0.1, -0.05) is 0 Å². The van der Waals surface area contributed by atoms with Crippen LogP contribution in [0.3, 0.4) is 0 Å². The van der Waals surface area contributed by atoms with Gasteiger partial charge < -0.3 is 10.6 Å². The fraction of sp³-hybridized carbons (Fsp3) is 1.00. The lowest BCUT2D eigenvalue weighted by Crippen LogP contribution is -2.46. The van der Waals surface area contributed by atoms with Gasteiger partial charge in [0, 0.05) is 18.6 Å². The Hall–Kier alpha value is -0.290. The summed E-state index contributed by atoms with van der Waals surface area (Å²) in [4.78, 5) is 0. The van der Waals surface area contributed by atoms with Crippen molar-refractivity contribution in [2.75, 3.05) is 20.1 Å². The van der Waals surface area contributed by atoms with Crippen LogP contribution in [0.1, 0.15) is 20.3 Å². The zero-order chi connectivity index (χ0) is 10.5. The Morgan fingerprint density at radius 3 is 2.08 bits per heavy atom. The zero-order valence-corrected chi connectivity index (χ0v) is 8.26. The number of rotatable bonds is 5. The van der Waals surface area contributed by atoms with Crippen LogP contribution >= 0.6 is 0 Å². The number of alkyl halides is 3. The highest BCUT2D eigenvalue weighted by Crippen LogP contribution is 2.18. The predicted octanol–water partition coefficient (Wildman–Crippen LogP) is 1.53. The van der Waals surface area contributed by atoms with Crippen molar-refractivity contribution in [2.45, 2.75) is 32.0 Å². The lowest BCUT2D eigenvalue weighted by Gasteiger charge is -2.24. The van der Waals surface area contributed by atoms with Crippen LogP contribution in [0.4, 0.5) is 13.2 Å². The lowest BCUT2D eigenvalue weighted by atomic mass is 10.1. The number of hydrogen-bond acceptors (Lipinski definition) is 2. The van der Waals surface area contributed by atoms with E-state index in [9.17, 15) is 13.2 Å². The zero-order valence-electron chi connectivity index (χ0n) is 8.26. The van der Waals surface area contributed by atoms with Crippen molar-refractivity contribution < 1.29 is 13.2 Å². The van der Waals surface area contributed by atoms with E-state index in [1.165, 1.54) is 0 Å². The molecule has 2 nitrogen and oxygen atoms in total. The van der Waals surface area contributed by atoms with Gasteiger partial charge in [-0.25, -0.2) is 0 Å². The maximum absolute atomic E-state index is 11.7. The van der Waals surface area contributed by atoms with Crippen molar-refractivity contribution in [1.82, 2.24) is 10.6 Å². The fourth-order valence-corrected chi connectivity index (χ4v) is 0.719. The van der Waals surface area contributed by atoms with Crippen molar-refractivity contribution in [3.8, 4) is 0 Å². The molecule has 0 unspecified atom stereocenters. The highest BCUT2D eigenvalue weighted by molar-refractivity contribution is 4.77. The molecular weight excluding hydrogens is 181 g/mol. The maximum Gasteiger partial charge on any atom is 0.390 e. The summed E-state index contributed by atoms with van der Waals surface area (Å²) in [6, 6.07) is 0. The molecule has 0 saturated heterocycles. The number of hydrogen-bond donors (Lipinski definition) is 2. The van der Waals surface area contributed by atoms with Crippen LogP contribution in [-0.4, -0.2) is 31.9 Å². The van der Waals surface area contributed by atoms with E-state index in [4.69, 9.17) is 0 Å². The Morgan fingerprint density at radius 2 is 1.69 bits per heavy atom. The molecule has 0 aromatic heterocycles. The Morgan fingerprint density at radius 1 is 1.15 bits per heavy atom. The first-order valence-corrected chi connectivity index (χ1v) is 4.23. The van der Waals surface area contributed by atoms with E-state index in [2.05, 4.69) is 10.6 Å². The van der Waals surface area contributed by atoms with Gasteiger partial charge in [0.2, 0.25) is 0 Å². The average Bonchev–Trinajstić information content (AvgIpc) is 1.97. The van der Waals surface area contributed by atoms with Crippen LogP contribution in [0, 0.1) is 0 Å². The van der Waals surface area contributed by atoms with Gasteiger partial charge in [0.15, 0.2) is 0 Å². The monoisotopic (exact) mass is 198 g/mol. The molecule has 0 aromatic rings. The Labute approximate surface area is 76.9 Å². The normalized spacial score (nSPS) is 13.4. The van der Waals surface area contributed by atoms with Gasteiger partial charge in [-0.15, -0.1) is 0 Å². The Bertz CT molecular complexity index is 143. The molecule has 0 atom stereocenters. The molecule has 0 aliphatic heterocycles. The van der Waals surface area contributed by atoms with E-state index in [-0.39, 0.29) is 12.1 Å². The third-order valence-electron chi connectivity index (χ3n) is 1.83. The van der Waals surface area contributed by atoms with E-state index in [0.29, 0.717) is 6.54 Å². The lowest BCUT2D eigenvalue weighted by molar-refractivity contribution is -0.133. The quantitative estimate of drug-likeness (QED) is 0.654. The summed E-state index contributed by atoms with van der Waals surface area (Å²) >= 11 is 0. The van der Waals surface area contributed by atoms with E-state index in [1.54, 1.807) is 7.05 Å². The van der Waals surface area contributed by atoms with Crippen LogP contribution in [0.2, 0.25) is 0 Å². The number of nitrogens with one attached hydrogen (secondary N) is 2. The molecule has 0 spiro atoms.